The van der Waals surface area contributed by atoms with E-state index < -0.39 is 5.91 Å². The maximum absolute atomic E-state index is 11.1. The molecule has 0 aromatic heterocycles. The lowest BCUT2D eigenvalue weighted by Crippen LogP contribution is -2.41. The van der Waals surface area contributed by atoms with Gasteiger partial charge in [0.1, 0.15) is 0 Å². The highest BCUT2D eigenvalue weighted by molar-refractivity contribution is 6.31. The van der Waals surface area contributed by atoms with Gasteiger partial charge in [-0.05, 0) is 37.7 Å². The molecule has 1 atom stereocenters. The molecule has 0 spiro atoms. The number of hydrogen-bond acceptors (Lipinski definition) is 3. The van der Waals surface area contributed by atoms with E-state index in [2.05, 4.69) is 38.2 Å². The van der Waals surface area contributed by atoms with Crippen molar-refractivity contribution in [1.29, 1.82) is 0 Å². The molecule has 0 aliphatic rings. The molecule has 20 heavy (non-hydrogen) atoms. The van der Waals surface area contributed by atoms with Gasteiger partial charge in [-0.1, -0.05) is 31.5 Å². The minimum atomic E-state index is -0.459. The summed E-state index contributed by atoms with van der Waals surface area (Å²) in [6.07, 6.45) is 0. The van der Waals surface area contributed by atoms with E-state index in [-0.39, 0.29) is 0 Å². The zero-order valence-electron chi connectivity index (χ0n) is 12.6. The van der Waals surface area contributed by atoms with Gasteiger partial charge in [0.05, 0.1) is 0 Å². The van der Waals surface area contributed by atoms with Gasteiger partial charge in [0.15, 0.2) is 0 Å². The summed E-state index contributed by atoms with van der Waals surface area (Å²) in [5.74, 6) is 0.0696. The second-order valence-corrected chi connectivity index (χ2v) is 6.07. The summed E-state index contributed by atoms with van der Waals surface area (Å²) in [5.41, 5.74) is 6.64. The maximum atomic E-state index is 11.1. The van der Waals surface area contributed by atoms with Crippen LogP contribution in [-0.4, -0.2) is 37.5 Å². The predicted octanol–water partition coefficient (Wildman–Crippen LogP) is 2.11. The van der Waals surface area contributed by atoms with Crippen LogP contribution in [-0.2, 0) is 6.54 Å². The van der Waals surface area contributed by atoms with Crippen molar-refractivity contribution in [2.24, 2.45) is 11.7 Å². The van der Waals surface area contributed by atoms with Crippen molar-refractivity contribution in [2.45, 2.75) is 26.4 Å². The Morgan fingerprint density at radius 1 is 1.40 bits per heavy atom. The van der Waals surface area contributed by atoms with Gasteiger partial charge < -0.3 is 16.0 Å². The Balaban J connectivity index is 2.70. The van der Waals surface area contributed by atoms with Crippen molar-refractivity contribution >= 4 is 17.5 Å². The van der Waals surface area contributed by atoms with Crippen LogP contribution in [0.2, 0.25) is 5.02 Å². The number of rotatable bonds is 7. The molecule has 0 fully saturated rings. The number of nitrogens with one attached hydrogen (secondary N) is 1. The molecule has 0 radical (unpaired) electrons. The molecule has 1 aromatic carbocycles. The summed E-state index contributed by atoms with van der Waals surface area (Å²) in [5, 5.41) is 4.08. The number of benzene rings is 1. The highest BCUT2D eigenvalue weighted by atomic mass is 35.5. The van der Waals surface area contributed by atoms with Crippen LogP contribution in [0.15, 0.2) is 18.2 Å². The third kappa shape index (κ3) is 5.12. The molecular formula is C15H24ClN3O. The van der Waals surface area contributed by atoms with E-state index >= 15 is 0 Å². The molecule has 0 heterocycles. The highest BCUT2D eigenvalue weighted by Crippen LogP contribution is 2.18. The van der Waals surface area contributed by atoms with Gasteiger partial charge in [-0.15, -0.1) is 0 Å². The average Bonchev–Trinajstić information content (AvgIpc) is 2.34. The van der Waals surface area contributed by atoms with Gasteiger partial charge in [0.2, 0.25) is 5.91 Å². The number of primary amides is 1. The van der Waals surface area contributed by atoms with Crippen molar-refractivity contribution in [3.05, 3.63) is 34.3 Å². The molecule has 0 aliphatic heterocycles. The number of carbonyl (C=O) groups is 1. The Kier molecular flexibility index (Phi) is 6.46. The summed E-state index contributed by atoms with van der Waals surface area (Å²) in [6.45, 7) is 6.03. The lowest BCUT2D eigenvalue weighted by molar-refractivity contribution is 0.100. The lowest BCUT2D eigenvalue weighted by atomic mass is 10.0. The topological polar surface area (TPSA) is 58.4 Å². The number of likely N-dealkylation sites (N-methyl/N-ethyl adjacent to an activating group) is 1. The maximum Gasteiger partial charge on any atom is 0.248 e. The lowest BCUT2D eigenvalue weighted by Gasteiger charge is -2.26. The van der Waals surface area contributed by atoms with Crippen molar-refractivity contribution in [3.8, 4) is 0 Å². The van der Waals surface area contributed by atoms with Crippen LogP contribution in [0.1, 0.15) is 29.8 Å². The predicted molar refractivity (Wildman–Crippen MR) is 84.0 cm³/mol. The number of amides is 1. The van der Waals surface area contributed by atoms with Gasteiger partial charge in [0, 0.05) is 29.7 Å². The fraction of sp³-hybridized carbons (Fsp3) is 0.533. The standard InChI is InChI=1S/C15H24ClN3O/c1-10(2)14(9-19(3)4)18-8-12-6-5-11(15(17)20)7-13(12)16/h5-7,10,14,18H,8-9H2,1-4H3,(H2,17,20). The Labute approximate surface area is 126 Å². The molecule has 1 amide bonds. The first kappa shape index (κ1) is 17.0. The molecule has 5 heteroatoms. The second-order valence-electron chi connectivity index (χ2n) is 5.66. The third-order valence-corrected chi connectivity index (χ3v) is 3.61. The smallest absolute Gasteiger partial charge is 0.248 e. The van der Waals surface area contributed by atoms with Crippen LogP contribution < -0.4 is 11.1 Å². The minimum absolute atomic E-state index is 0.386. The number of carbonyl (C=O) groups excluding carboxylic acids is 1. The van der Waals surface area contributed by atoms with Gasteiger partial charge >= 0.3 is 0 Å². The van der Waals surface area contributed by atoms with E-state index in [0.29, 0.717) is 29.1 Å². The SMILES string of the molecule is CC(C)C(CN(C)C)NCc1ccc(C(N)=O)cc1Cl. The first-order chi connectivity index (χ1) is 9.31. The molecule has 0 aliphatic carbocycles. The number of hydrogen-bond donors (Lipinski definition) is 2. The van der Waals surface area contributed by atoms with Crippen LogP contribution in [0.3, 0.4) is 0 Å². The average molecular weight is 298 g/mol. The minimum Gasteiger partial charge on any atom is -0.366 e. The summed E-state index contributed by atoms with van der Waals surface area (Å²) in [7, 11) is 4.12. The molecule has 1 unspecified atom stereocenters. The number of nitrogens with two attached hydrogens (primary N) is 1. The molecule has 0 saturated carbocycles. The molecule has 0 saturated heterocycles. The molecule has 1 aromatic rings. The Bertz CT molecular complexity index is 460. The Hall–Kier alpha value is -1.10. The summed E-state index contributed by atoms with van der Waals surface area (Å²) in [6, 6.07) is 5.57. The van der Waals surface area contributed by atoms with Crippen LogP contribution in [0.4, 0.5) is 0 Å². The Morgan fingerprint density at radius 2 is 2.05 bits per heavy atom. The van der Waals surface area contributed by atoms with Crippen LogP contribution >= 0.6 is 11.6 Å². The van der Waals surface area contributed by atoms with Crippen LogP contribution in [0.5, 0.6) is 0 Å². The number of nitrogens with zero attached hydrogens (tertiary/aromatic N) is 1. The van der Waals surface area contributed by atoms with E-state index in [1.54, 1.807) is 12.1 Å². The zero-order chi connectivity index (χ0) is 15.3. The molecule has 3 N–H and O–H groups in total. The molecule has 112 valence electrons. The van der Waals surface area contributed by atoms with Crippen molar-refractivity contribution < 1.29 is 4.79 Å². The quantitative estimate of drug-likeness (QED) is 0.810. The van der Waals surface area contributed by atoms with E-state index in [9.17, 15) is 4.79 Å². The Morgan fingerprint density at radius 3 is 2.50 bits per heavy atom. The van der Waals surface area contributed by atoms with E-state index in [0.717, 1.165) is 12.1 Å². The second kappa shape index (κ2) is 7.62. The van der Waals surface area contributed by atoms with Crippen molar-refractivity contribution in [2.75, 3.05) is 20.6 Å². The van der Waals surface area contributed by atoms with Gasteiger partial charge in [-0.25, -0.2) is 0 Å². The zero-order valence-corrected chi connectivity index (χ0v) is 13.4. The van der Waals surface area contributed by atoms with E-state index in [4.69, 9.17) is 17.3 Å². The van der Waals surface area contributed by atoms with E-state index in [1.807, 2.05) is 6.07 Å². The largest absolute Gasteiger partial charge is 0.366 e. The van der Waals surface area contributed by atoms with Gasteiger partial charge in [-0.3, -0.25) is 4.79 Å². The molecular weight excluding hydrogens is 274 g/mol. The summed E-state index contributed by atoms with van der Waals surface area (Å²) >= 11 is 6.18. The van der Waals surface area contributed by atoms with Gasteiger partial charge in [0.25, 0.3) is 0 Å². The first-order valence-corrected chi connectivity index (χ1v) is 7.15. The third-order valence-electron chi connectivity index (χ3n) is 3.26. The number of halogens is 1. The van der Waals surface area contributed by atoms with E-state index in [1.165, 1.54) is 0 Å². The van der Waals surface area contributed by atoms with Crippen LogP contribution in [0, 0.1) is 5.92 Å². The molecule has 4 nitrogen and oxygen atoms in total. The van der Waals surface area contributed by atoms with Crippen LogP contribution in [0.25, 0.3) is 0 Å². The highest BCUT2D eigenvalue weighted by Gasteiger charge is 2.14. The monoisotopic (exact) mass is 297 g/mol. The fourth-order valence-electron chi connectivity index (χ4n) is 1.99. The fourth-order valence-corrected chi connectivity index (χ4v) is 2.24. The summed E-state index contributed by atoms with van der Waals surface area (Å²) in [4.78, 5) is 13.2. The summed E-state index contributed by atoms with van der Waals surface area (Å²) < 4.78 is 0. The molecule has 0 bridgehead atoms. The normalized spacial score (nSPS) is 12.9. The van der Waals surface area contributed by atoms with Crippen molar-refractivity contribution in [1.82, 2.24) is 10.2 Å². The van der Waals surface area contributed by atoms with Crippen molar-refractivity contribution in [3.63, 3.8) is 0 Å². The first-order valence-electron chi connectivity index (χ1n) is 6.77. The van der Waals surface area contributed by atoms with Gasteiger partial charge in [-0.2, -0.15) is 0 Å². The molecule has 1 rings (SSSR count).